The Hall–Kier alpha value is -2.70. The molecule has 116 valence electrons. The fraction of sp³-hybridized carbons (Fsp3) is 0.333. The molecular weight excluding hydrogens is 284 g/mol. The highest BCUT2D eigenvalue weighted by Crippen LogP contribution is 2.09. The highest BCUT2D eigenvalue weighted by molar-refractivity contribution is 5.94. The van der Waals surface area contributed by atoms with Gasteiger partial charge in [0.1, 0.15) is 6.04 Å². The van der Waals surface area contributed by atoms with Gasteiger partial charge in [-0.25, -0.2) is 9.48 Å². The summed E-state index contributed by atoms with van der Waals surface area (Å²) in [6, 6.07) is 6.61. The highest BCUT2D eigenvalue weighted by atomic mass is 16.4. The average molecular weight is 302 g/mol. The number of benzene rings is 1. The Morgan fingerprint density at radius 3 is 2.41 bits per heavy atom. The van der Waals surface area contributed by atoms with Crippen molar-refractivity contribution < 1.29 is 14.7 Å². The minimum Gasteiger partial charge on any atom is -0.480 e. The smallest absolute Gasteiger partial charge is 0.326 e. The number of carbonyl (C=O) groups is 2. The first-order valence-electron chi connectivity index (χ1n) is 6.91. The third kappa shape index (κ3) is 3.49. The third-order valence-corrected chi connectivity index (χ3v) is 3.24. The lowest BCUT2D eigenvalue weighted by molar-refractivity contribution is -0.140. The molecule has 0 saturated carbocycles. The number of aliphatic carboxylic acids is 1. The van der Waals surface area contributed by atoms with Crippen LogP contribution in [-0.4, -0.2) is 38.0 Å². The zero-order valence-corrected chi connectivity index (χ0v) is 12.6. The molecule has 7 nitrogen and oxygen atoms in total. The second kappa shape index (κ2) is 6.38. The molecule has 7 heteroatoms. The van der Waals surface area contributed by atoms with E-state index >= 15 is 0 Å². The number of carboxylic acids is 1. The summed E-state index contributed by atoms with van der Waals surface area (Å²) >= 11 is 0. The summed E-state index contributed by atoms with van der Waals surface area (Å²) in [4.78, 5) is 23.2. The maximum atomic E-state index is 12.1. The molecule has 0 aliphatic heterocycles. The van der Waals surface area contributed by atoms with Crippen molar-refractivity contribution in [3.8, 4) is 5.69 Å². The molecule has 0 fully saturated rings. The van der Waals surface area contributed by atoms with E-state index in [2.05, 4.69) is 15.6 Å². The number of carboxylic acid groups (broad SMARTS) is 1. The van der Waals surface area contributed by atoms with Gasteiger partial charge in [0.25, 0.3) is 5.91 Å². The van der Waals surface area contributed by atoms with Crippen molar-refractivity contribution in [2.45, 2.75) is 26.8 Å². The van der Waals surface area contributed by atoms with Crippen molar-refractivity contribution in [1.29, 1.82) is 0 Å². The standard InChI is InChI=1S/C15H18N4O3/c1-9(2)13(15(21)22)16-14(20)12-8-19(18-17-12)11-6-4-10(3)5-7-11/h4-9,13H,1-3H3,(H,16,20)(H,21,22). The van der Waals surface area contributed by atoms with E-state index in [0.29, 0.717) is 0 Å². The Bertz CT molecular complexity index is 676. The van der Waals surface area contributed by atoms with Crippen molar-refractivity contribution in [2.75, 3.05) is 0 Å². The van der Waals surface area contributed by atoms with E-state index in [4.69, 9.17) is 5.11 Å². The molecule has 0 bridgehead atoms. The molecule has 1 unspecified atom stereocenters. The molecule has 0 aliphatic carbocycles. The summed E-state index contributed by atoms with van der Waals surface area (Å²) in [5, 5.41) is 19.2. The zero-order chi connectivity index (χ0) is 16.3. The zero-order valence-electron chi connectivity index (χ0n) is 12.6. The van der Waals surface area contributed by atoms with Gasteiger partial charge in [0.15, 0.2) is 5.69 Å². The van der Waals surface area contributed by atoms with Crippen LogP contribution in [-0.2, 0) is 4.79 Å². The first-order valence-corrected chi connectivity index (χ1v) is 6.91. The molecule has 0 aliphatic rings. The summed E-state index contributed by atoms with van der Waals surface area (Å²) in [7, 11) is 0. The van der Waals surface area contributed by atoms with Gasteiger partial charge >= 0.3 is 5.97 Å². The number of nitrogens with one attached hydrogen (secondary N) is 1. The number of aromatic nitrogens is 3. The largest absolute Gasteiger partial charge is 0.480 e. The van der Waals surface area contributed by atoms with Crippen molar-refractivity contribution in [3.05, 3.63) is 41.7 Å². The molecule has 1 aromatic carbocycles. The predicted octanol–water partition coefficient (Wildman–Crippen LogP) is 1.41. The number of amides is 1. The number of nitrogens with zero attached hydrogens (tertiary/aromatic N) is 3. The Morgan fingerprint density at radius 1 is 1.23 bits per heavy atom. The SMILES string of the molecule is Cc1ccc(-n2cc(C(=O)NC(C(=O)O)C(C)C)nn2)cc1. The van der Waals surface area contributed by atoms with Crippen molar-refractivity contribution in [2.24, 2.45) is 5.92 Å². The second-order valence-corrected chi connectivity index (χ2v) is 5.42. The number of aryl methyl sites for hydroxylation is 1. The molecular formula is C15H18N4O3. The summed E-state index contributed by atoms with van der Waals surface area (Å²) in [6.45, 7) is 5.42. The molecule has 0 spiro atoms. The fourth-order valence-corrected chi connectivity index (χ4v) is 1.92. The van der Waals surface area contributed by atoms with Gasteiger partial charge in [0.05, 0.1) is 11.9 Å². The van der Waals surface area contributed by atoms with E-state index in [-0.39, 0.29) is 11.6 Å². The van der Waals surface area contributed by atoms with Gasteiger partial charge in [-0.2, -0.15) is 0 Å². The minimum atomic E-state index is -1.07. The Kier molecular flexibility index (Phi) is 4.55. The molecule has 0 saturated heterocycles. The molecule has 2 N–H and O–H groups in total. The number of carbonyl (C=O) groups excluding carboxylic acids is 1. The van der Waals surface area contributed by atoms with Crippen LogP contribution in [0, 0.1) is 12.8 Å². The van der Waals surface area contributed by atoms with E-state index in [1.165, 1.54) is 10.9 Å². The predicted molar refractivity (Wildman–Crippen MR) is 79.8 cm³/mol. The monoisotopic (exact) mass is 302 g/mol. The van der Waals surface area contributed by atoms with Gasteiger partial charge in [0, 0.05) is 0 Å². The van der Waals surface area contributed by atoms with E-state index in [0.717, 1.165) is 11.3 Å². The van der Waals surface area contributed by atoms with Crippen LogP contribution in [0.5, 0.6) is 0 Å². The van der Waals surface area contributed by atoms with Gasteiger partial charge < -0.3 is 10.4 Å². The number of hydrogen-bond acceptors (Lipinski definition) is 4. The summed E-state index contributed by atoms with van der Waals surface area (Å²) in [5.74, 6) is -1.86. The number of hydrogen-bond donors (Lipinski definition) is 2. The van der Waals surface area contributed by atoms with E-state index in [9.17, 15) is 9.59 Å². The molecule has 1 amide bonds. The van der Waals surface area contributed by atoms with Gasteiger partial charge in [0.2, 0.25) is 0 Å². The first kappa shape index (κ1) is 15.7. The van der Waals surface area contributed by atoms with Crippen LogP contribution < -0.4 is 5.32 Å². The second-order valence-electron chi connectivity index (χ2n) is 5.42. The summed E-state index contributed by atoms with van der Waals surface area (Å²) < 4.78 is 1.47. The molecule has 22 heavy (non-hydrogen) atoms. The molecule has 1 atom stereocenters. The van der Waals surface area contributed by atoms with Crippen LogP contribution in [0.25, 0.3) is 5.69 Å². The molecule has 0 radical (unpaired) electrons. The highest BCUT2D eigenvalue weighted by Gasteiger charge is 2.25. The molecule has 2 rings (SSSR count). The molecule has 1 heterocycles. The van der Waals surface area contributed by atoms with Crippen LogP contribution >= 0.6 is 0 Å². The van der Waals surface area contributed by atoms with Gasteiger partial charge in [-0.05, 0) is 25.0 Å². The Morgan fingerprint density at radius 2 is 1.86 bits per heavy atom. The van der Waals surface area contributed by atoms with E-state index < -0.39 is 17.9 Å². The quantitative estimate of drug-likeness (QED) is 0.870. The van der Waals surface area contributed by atoms with Gasteiger partial charge in [-0.15, -0.1) is 5.10 Å². The lowest BCUT2D eigenvalue weighted by atomic mass is 10.0. The van der Waals surface area contributed by atoms with Crippen LogP contribution in [0.4, 0.5) is 0 Å². The molecule has 1 aromatic heterocycles. The lowest BCUT2D eigenvalue weighted by Crippen LogP contribution is -2.44. The van der Waals surface area contributed by atoms with Crippen molar-refractivity contribution >= 4 is 11.9 Å². The van der Waals surface area contributed by atoms with Gasteiger partial charge in [-0.3, -0.25) is 4.79 Å². The average Bonchev–Trinajstić information content (AvgIpc) is 2.94. The van der Waals surface area contributed by atoms with E-state index in [1.54, 1.807) is 13.8 Å². The topological polar surface area (TPSA) is 97.1 Å². The Labute approximate surface area is 128 Å². The van der Waals surface area contributed by atoms with Gasteiger partial charge in [-0.1, -0.05) is 36.8 Å². The van der Waals surface area contributed by atoms with Crippen molar-refractivity contribution in [3.63, 3.8) is 0 Å². The molecule has 2 aromatic rings. The van der Waals surface area contributed by atoms with Crippen LogP contribution in [0.1, 0.15) is 29.9 Å². The maximum Gasteiger partial charge on any atom is 0.326 e. The third-order valence-electron chi connectivity index (χ3n) is 3.24. The lowest BCUT2D eigenvalue weighted by Gasteiger charge is -2.16. The van der Waals surface area contributed by atoms with Crippen LogP contribution in [0.2, 0.25) is 0 Å². The minimum absolute atomic E-state index is 0.0764. The van der Waals surface area contributed by atoms with E-state index in [1.807, 2.05) is 31.2 Å². The first-order chi connectivity index (χ1) is 10.4. The number of rotatable bonds is 5. The Balaban J connectivity index is 2.15. The summed E-state index contributed by atoms with van der Waals surface area (Å²) in [5.41, 5.74) is 1.96. The van der Waals surface area contributed by atoms with Crippen LogP contribution in [0.15, 0.2) is 30.5 Å². The summed E-state index contributed by atoms with van der Waals surface area (Å²) in [6.07, 6.45) is 1.47. The maximum absolute atomic E-state index is 12.1. The fourth-order valence-electron chi connectivity index (χ4n) is 1.92. The van der Waals surface area contributed by atoms with Crippen molar-refractivity contribution in [1.82, 2.24) is 20.3 Å². The normalized spacial score (nSPS) is 12.2. The van der Waals surface area contributed by atoms with Crippen LogP contribution in [0.3, 0.4) is 0 Å².